The van der Waals surface area contributed by atoms with E-state index in [1.165, 1.54) is 22.7 Å². The van der Waals surface area contributed by atoms with Gasteiger partial charge in [-0.2, -0.15) is 0 Å². The molecule has 1 aliphatic heterocycles. The number of halogens is 1. The van der Waals surface area contributed by atoms with Crippen molar-refractivity contribution in [3.05, 3.63) is 30.1 Å². The Labute approximate surface area is 128 Å². The largest absolute Gasteiger partial charge is 0.342 e. The summed E-state index contributed by atoms with van der Waals surface area (Å²) in [7, 11) is -1.35. The van der Waals surface area contributed by atoms with Crippen LogP contribution in [0.15, 0.2) is 29.2 Å². The summed E-state index contributed by atoms with van der Waals surface area (Å²) in [6.45, 7) is 0. The molecule has 1 aromatic rings. The van der Waals surface area contributed by atoms with E-state index in [2.05, 4.69) is 0 Å². The zero-order chi connectivity index (χ0) is 15.5. The molecule has 7 heteroatoms. The highest BCUT2D eigenvalue weighted by atomic mass is 32.2. The van der Waals surface area contributed by atoms with E-state index in [0.717, 1.165) is 0 Å². The van der Waals surface area contributed by atoms with E-state index < -0.39 is 9.84 Å². The van der Waals surface area contributed by atoms with Gasteiger partial charge in [-0.3, -0.25) is 4.79 Å². The fraction of sp³-hybridized carbons (Fsp3) is 0.500. The second-order valence-electron chi connectivity index (χ2n) is 5.09. The van der Waals surface area contributed by atoms with Gasteiger partial charge in [0, 0.05) is 30.2 Å². The van der Waals surface area contributed by atoms with E-state index in [4.69, 9.17) is 0 Å². The lowest BCUT2D eigenvalue weighted by Gasteiger charge is -2.23. The third kappa shape index (κ3) is 4.44. The van der Waals surface area contributed by atoms with Gasteiger partial charge in [-0.15, -0.1) is 11.8 Å². The second kappa shape index (κ2) is 6.79. The lowest BCUT2D eigenvalue weighted by Crippen LogP contribution is -2.37. The van der Waals surface area contributed by atoms with Crippen LogP contribution in [0.25, 0.3) is 0 Å². The SMILES string of the molecule is CN(C(=O)CCSc1ccccc1F)C1CCS(=O)(=O)C1. The summed E-state index contributed by atoms with van der Waals surface area (Å²) in [6.07, 6.45) is 0.775. The van der Waals surface area contributed by atoms with E-state index in [0.29, 0.717) is 17.1 Å². The van der Waals surface area contributed by atoms with E-state index in [9.17, 15) is 17.6 Å². The van der Waals surface area contributed by atoms with Crippen LogP contribution >= 0.6 is 11.8 Å². The van der Waals surface area contributed by atoms with Crippen LogP contribution in [-0.2, 0) is 14.6 Å². The summed E-state index contributed by atoms with van der Waals surface area (Å²) in [5.74, 6) is 0.296. The maximum atomic E-state index is 13.4. The molecule has 1 amide bonds. The van der Waals surface area contributed by atoms with Gasteiger partial charge >= 0.3 is 0 Å². The number of benzene rings is 1. The predicted octanol–water partition coefficient (Wildman–Crippen LogP) is 1.95. The predicted molar refractivity (Wildman–Crippen MR) is 81.6 cm³/mol. The lowest BCUT2D eigenvalue weighted by atomic mass is 10.2. The average molecular weight is 331 g/mol. The highest BCUT2D eigenvalue weighted by molar-refractivity contribution is 7.99. The monoisotopic (exact) mass is 331 g/mol. The molecular formula is C14H18FNO3S2. The quantitative estimate of drug-likeness (QED) is 0.774. The van der Waals surface area contributed by atoms with Crippen molar-refractivity contribution in [1.29, 1.82) is 0 Å². The number of carbonyl (C=O) groups excluding carboxylic acids is 1. The summed E-state index contributed by atoms with van der Waals surface area (Å²) in [5, 5.41) is 0. The first-order chi connectivity index (χ1) is 9.89. The molecule has 0 spiro atoms. The van der Waals surface area contributed by atoms with Gasteiger partial charge < -0.3 is 4.90 Å². The number of sulfone groups is 1. The summed E-state index contributed by atoms with van der Waals surface area (Å²) in [6, 6.07) is 6.22. The standard InChI is InChI=1S/C14H18FNO3S2/c1-16(11-7-9-21(18,19)10-11)14(17)6-8-20-13-5-3-2-4-12(13)15/h2-5,11H,6-10H2,1H3. The number of carbonyl (C=O) groups is 1. The van der Waals surface area contributed by atoms with Crippen molar-refractivity contribution < 1.29 is 17.6 Å². The second-order valence-corrected chi connectivity index (χ2v) is 8.46. The van der Waals surface area contributed by atoms with Crippen molar-refractivity contribution in [1.82, 2.24) is 4.90 Å². The summed E-state index contributed by atoms with van der Waals surface area (Å²) in [5.41, 5.74) is 0. The minimum Gasteiger partial charge on any atom is -0.342 e. The van der Waals surface area contributed by atoms with Gasteiger partial charge in [-0.05, 0) is 18.6 Å². The number of hydrogen-bond acceptors (Lipinski definition) is 4. The molecular weight excluding hydrogens is 313 g/mol. The maximum absolute atomic E-state index is 13.4. The van der Waals surface area contributed by atoms with Crippen molar-refractivity contribution in [3.63, 3.8) is 0 Å². The lowest BCUT2D eigenvalue weighted by molar-refractivity contribution is -0.131. The van der Waals surface area contributed by atoms with Crippen LogP contribution < -0.4 is 0 Å². The Balaban J connectivity index is 1.81. The number of thioether (sulfide) groups is 1. The van der Waals surface area contributed by atoms with Gasteiger partial charge in [0.05, 0.1) is 11.5 Å². The third-order valence-corrected chi connectivity index (χ3v) is 6.36. The molecule has 0 bridgehead atoms. The van der Waals surface area contributed by atoms with Gasteiger partial charge in [0.15, 0.2) is 9.84 Å². The summed E-state index contributed by atoms with van der Waals surface area (Å²) >= 11 is 1.29. The molecule has 1 heterocycles. The van der Waals surface area contributed by atoms with Gasteiger partial charge in [0.1, 0.15) is 5.82 Å². The Morgan fingerprint density at radius 3 is 2.76 bits per heavy atom. The number of hydrogen-bond donors (Lipinski definition) is 0. The Morgan fingerprint density at radius 2 is 2.14 bits per heavy atom. The van der Waals surface area contributed by atoms with E-state index in [1.54, 1.807) is 25.2 Å². The Bertz CT molecular complexity index is 618. The minimum absolute atomic E-state index is 0.0513. The van der Waals surface area contributed by atoms with Gasteiger partial charge in [-0.1, -0.05) is 12.1 Å². The fourth-order valence-corrected chi connectivity index (χ4v) is 4.92. The van der Waals surface area contributed by atoms with Crippen molar-refractivity contribution >= 4 is 27.5 Å². The van der Waals surface area contributed by atoms with Crippen LogP contribution in [0.4, 0.5) is 4.39 Å². The molecule has 1 unspecified atom stereocenters. The van der Waals surface area contributed by atoms with Gasteiger partial charge in [0.25, 0.3) is 0 Å². The molecule has 0 aliphatic carbocycles. The molecule has 116 valence electrons. The first-order valence-corrected chi connectivity index (χ1v) is 9.53. The number of amides is 1. The maximum Gasteiger partial charge on any atom is 0.223 e. The highest BCUT2D eigenvalue weighted by Crippen LogP contribution is 2.23. The Kier molecular flexibility index (Phi) is 5.27. The molecule has 4 nitrogen and oxygen atoms in total. The van der Waals surface area contributed by atoms with Crippen LogP contribution in [0.1, 0.15) is 12.8 Å². The highest BCUT2D eigenvalue weighted by Gasteiger charge is 2.32. The van der Waals surface area contributed by atoms with Crippen molar-refractivity contribution in [2.75, 3.05) is 24.3 Å². The number of nitrogens with zero attached hydrogens (tertiary/aromatic N) is 1. The number of rotatable bonds is 5. The van der Waals surface area contributed by atoms with Crippen molar-refractivity contribution in [2.24, 2.45) is 0 Å². The smallest absolute Gasteiger partial charge is 0.223 e. The normalized spacial score (nSPS) is 20.4. The van der Waals surface area contributed by atoms with Crippen LogP contribution in [0, 0.1) is 5.82 Å². The average Bonchev–Trinajstić information content (AvgIpc) is 2.80. The summed E-state index contributed by atoms with van der Waals surface area (Å²) < 4.78 is 36.3. The molecule has 1 atom stereocenters. The van der Waals surface area contributed by atoms with Crippen LogP contribution in [0.2, 0.25) is 0 Å². The van der Waals surface area contributed by atoms with Crippen LogP contribution in [-0.4, -0.2) is 49.6 Å². The molecule has 1 saturated heterocycles. The van der Waals surface area contributed by atoms with Gasteiger partial charge in [0.2, 0.25) is 5.91 Å². The molecule has 0 N–H and O–H groups in total. The van der Waals surface area contributed by atoms with E-state index >= 15 is 0 Å². The van der Waals surface area contributed by atoms with Crippen LogP contribution in [0.3, 0.4) is 0 Å². The Morgan fingerprint density at radius 1 is 1.43 bits per heavy atom. The first-order valence-electron chi connectivity index (χ1n) is 6.72. The zero-order valence-electron chi connectivity index (χ0n) is 11.8. The summed E-state index contributed by atoms with van der Waals surface area (Å²) in [4.78, 5) is 14.1. The van der Waals surface area contributed by atoms with Crippen molar-refractivity contribution in [3.8, 4) is 0 Å². The van der Waals surface area contributed by atoms with E-state index in [-0.39, 0.29) is 35.7 Å². The molecule has 1 aliphatic rings. The molecule has 21 heavy (non-hydrogen) atoms. The molecule has 0 saturated carbocycles. The molecule has 1 aromatic carbocycles. The van der Waals surface area contributed by atoms with Crippen LogP contribution in [0.5, 0.6) is 0 Å². The topological polar surface area (TPSA) is 54.5 Å². The molecule has 0 aromatic heterocycles. The molecule has 1 fully saturated rings. The third-order valence-electron chi connectivity index (χ3n) is 3.56. The van der Waals surface area contributed by atoms with Gasteiger partial charge in [-0.25, -0.2) is 12.8 Å². The van der Waals surface area contributed by atoms with Crippen molar-refractivity contribution in [2.45, 2.75) is 23.8 Å². The molecule has 0 radical (unpaired) electrons. The zero-order valence-corrected chi connectivity index (χ0v) is 13.4. The first kappa shape index (κ1) is 16.3. The Hall–Kier alpha value is -1.08. The molecule has 2 rings (SSSR count). The fourth-order valence-electron chi connectivity index (χ4n) is 2.27. The van der Waals surface area contributed by atoms with E-state index in [1.807, 2.05) is 0 Å². The minimum atomic E-state index is -2.99.